The second-order valence-electron chi connectivity index (χ2n) is 2.69. The Morgan fingerprint density at radius 3 is 2.76 bits per heavy atom. The summed E-state index contributed by atoms with van der Waals surface area (Å²) in [5.41, 5.74) is 0. The van der Waals surface area contributed by atoms with Gasteiger partial charge in [-0.25, -0.2) is 9.59 Å². The number of urea groups is 1. The van der Waals surface area contributed by atoms with Gasteiger partial charge >= 0.3 is 12.0 Å². The van der Waals surface area contributed by atoms with Crippen LogP contribution >= 0.6 is 0 Å². The number of carboxylic acids is 1. The van der Waals surface area contributed by atoms with Crippen LogP contribution in [0.5, 0.6) is 0 Å². The maximum atomic E-state index is 11.1. The largest absolute Gasteiger partial charge is 0.478 e. The maximum absolute atomic E-state index is 11.1. The van der Waals surface area contributed by atoms with Gasteiger partial charge in [0.1, 0.15) is 0 Å². The van der Waals surface area contributed by atoms with E-state index in [2.05, 4.69) is 20.0 Å². The summed E-state index contributed by atoms with van der Waals surface area (Å²) in [6.45, 7) is -0.0156. The molecule has 0 aliphatic heterocycles. The third-order valence-electron chi connectivity index (χ3n) is 1.43. The minimum atomic E-state index is -1.28. The summed E-state index contributed by atoms with van der Waals surface area (Å²) in [5, 5.41) is 15.8. The van der Waals surface area contributed by atoms with Crippen molar-refractivity contribution in [3.8, 4) is 0 Å². The van der Waals surface area contributed by atoms with Crippen LogP contribution in [0.25, 0.3) is 0 Å². The minimum Gasteiger partial charge on any atom is -0.478 e. The van der Waals surface area contributed by atoms with E-state index in [4.69, 9.17) is 5.11 Å². The van der Waals surface area contributed by atoms with E-state index >= 15 is 0 Å². The smallest absolute Gasteiger partial charge is 0.328 e. The van der Waals surface area contributed by atoms with Gasteiger partial charge < -0.3 is 14.9 Å². The second-order valence-corrected chi connectivity index (χ2v) is 2.69. The van der Waals surface area contributed by atoms with Crippen molar-refractivity contribution in [3.63, 3.8) is 0 Å². The zero-order valence-electron chi connectivity index (χ0n) is 8.41. The molecule has 3 N–H and O–H groups in total. The van der Waals surface area contributed by atoms with Gasteiger partial charge in [0.05, 0.1) is 6.54 Å². The lowest BCUT2D eigenvalue weighted by atomic mass is 10.5. The fourth-order valence-corrected chi connectivity index (χ4v) is 0.774. The summed E-state index contributed by atoms with van der Waals surface area (Å²) < 4.78 is 4.42. The molecule has 0 spiro atoms. The first-order valence-corrected chi connectivity index (χ1v) is 4.33. The van der Waals surface area contributed by atoms with E-state index in [9.17, 15) is 14.4 Å². The highest BCUT2D eigenvalue weighted by atomic mass is 16.5. The van der Waals surface area contributed by atoms with Gasteiger partial charge in [0.25, 0.3) is 5.91 Å². The third-order valence-corrected chi connectivity index (χ3v) is 1.43. The zero-order chi connectivity index (χ0) is 12.7. The topological polar surface area (TPSA) is 134 Å². The molecule has 0 aliphatic rings. The van der Waals surface area contributed by atoms with Gasteiger partial charge in [0.15, 0.2) is 5.82 Å². The van der Waals surface area contributed by atoms with E-state index in [-0.39, 0.29) is 12.4 Å². The van der Waals surface area contributed by atoms with Crippen molar-refractivity contribution in [1.29, 1.82) is 0 Å². The Bertz CT molecular complexity index is 439. The molecule has 9 heteroatoms. The number of carbonyl (C=O) groups is 3. The van der Waals surface area contributed by atoms with E-state index < -0.39 is 17.9 Å². The van der Waals surface area contributed by atoms with Gasteiger partial charge in [-0.1, -0.05) is 5.16 Å². The van der Waals surface area contributed by atoms with E-state index in [1.165, 1.54) is 0 Å². The predicted molar refractivity (Wildman–Crippen MR) is 51.5 cm³/mol. The van der Waals surface area contributed by atoms with E-state index in [0.717, 1.165) is 12.5 Å². The van der Waals surface area contributed by atoms with E-state index in [1.54, 1.807) is 0 Å². The lowest BCUT2D eigenvalue weighted by Gasteiger charge is -2.01. The second kappa shape index (κ2) is 6.00. The van der Waals surface area contributed by atoms with Crippen molar-refractivity contribution in [2.45, 2.75) is 6.54 Å². The molecule has 17 heavy (non-hydrogen) atoms. The van der Waals surface area contributed by atoms with E-state index in [1.807, 2.05) is 5.32 Å². The summed E-state index contributed by atoms with van der Waals surface area (Å²) in [4.78, 5) is 35.7. The fourth-order valence-electron chi connectivity index (χ4n) is 0.774. The van der Waals surface area contributed by atoms with Crippen molar-refractivity contribution < 1.29 is 24.0 Å². The first kappa shape index (κ1) is 12.4. The zero-order valence-corrected chi connectivity index (χ0v) is 8.41. The molecular weight excluding hydrogens is 232 g/mol. The highest BCUT2D eigenvalue weighted by Gasteiger charge is 2.06. The summed E-state index contributed by atoms with van der Waals surface area (Å²) in [5.74, 6) is -1.89. The molecule has 0 unspecified atom stereocenters. The molecule has 0 bridgehead atoms. The van der Waals surface area contributed by atoms with Crippen LogP contribution in [0.3, 0.4) is 0 Å². The summed E-state index contributed by atoms with van der Waals surface area (Å²) in [6, 6.07) is -0.796. The number of rotatable bonds is 4. The van der Waals surface area contributed by atoms with Crippen LogP contribution in [-0.4, -0.2) is 33.2 Å². The molecule has 0 radical (unpaired) electrons. The third kappa shape index (κ3) is 5.06. The molecule has 1 heterocycles. The van der Waals surface area contributed by atoms with Crippen LogP contribution in [-0.2, 0) is 16.1 Å². The van der Waals surface area contributed by atoms with Crippen LogP contribution in [0.15, 0.2) is 23.1 Å². The number of hydrogen-bond donors (Lipinski definition) is 3. The first-order chi connectivity index (χ1) is 8.08. The summed E-state index contributed by atoms with van der Waals surface area (Å²) in [7, 11) is 0. The first-order valence-electron chi connectivity index (χ1n) is 4.33. The molecule has 1 aromatic heterocycles. The van der Waals surface area contributed by atoms with Crippen LogP contribution in [0, 0.1) is 0 Å². The Morgan fingerprint density at radius 2 is 2.18 bits per heavy atom. The molecular formula is C8H8N4O5. The van der Waals surface area contributed by atoms with Crippen molar-refractivity contribution in [3.05, 3.63) is 24.4 Å². The van der Waals surface area contributed by atoms with Crippen LogP contribution in [0.4, 0.5) is 4.79 Å². The molecule has 3 amide bonds. The van der Waals surface area contributed by atoms with E-state index in [0.29, 0.717) is 6.08 Å². The number of nitrogens with one attached hydrogen (secondary N) is 2. The molecule has 1 rings (SSSR count). The van der Waals surface area contributed by atoms with Crippen molar-refractivity contribution in [2.75, 3.05) is 0 Å². The molecule has 0 saturated carbocycles. The van der Waals surface area contributed by atoms with Crippen molar-refractivity contribution in [1.82, 2.24) is 20.8 Å². The number of carbonyl (C=O) groups excluding carboxylic acids is 2. The normalized spacial score (nSPS) is 10.1. The Kier molecular flexibility index (Phi) is 4.36. The molecule has 0 aromatic carbocycles. The Balaban J connectivity index is 2.29. The maximum Gasteiger partial charge on any atom is 0.328 e. The SMILES string of the molecule is O=C(O)/C=C/C(=O)NC(=O)NCc1ncon1. The molecule has 1 aromatic rings. The average molecular weight is 240 g/mol. The highest BCUT2D eigenvalue weighted by Crippen LogP contribution is 1.86. The van der Waals surface area contributed by atoms with Crippen LogP contribution in [0.2, 0.25) is 0 Å². The fraction of sp³-hybridized carbons (Fsp3) is 0.125. The molecule has 9 nitrogen and oxygen atoms in total. The summed E-state index contributed by atoms with van der Waals surface area (Å²) >= 11 is 0. The van der Waals surface area contributed by atoms with Gasteiger partial charge in [-0.15, -0.1) is 0 Å². The lowest BCUT2D eigenvalue weighted by Crippen LogP contribution is -2.38. The number of aliphatic carboxylic acids is 1. The lowest BCUT2D eigenvalue weighted by molar-refractivity contribution is -0.131. The monoisotopic (exact) mass is 240 g/mol. The number of nitrogens with zero attached hydrogens (tertiary/aromatic N) is 2. The molecule has 0 atom stereocenters. The Hall–Kier alpha value is -2.71. The van der Waals surface area contributed by atoms with Crippen LogP contribution < -0.4 is 10.6 Å². The van der Waals surface area contributed by atoms with Crippen molar-refractivity contribution >= 4 is 17.9 Å². The summed E-state index contributed by atoms with van der Waals surface area (Å²) in [6.07, 6.45) is 2.42. The number of imide groups is 1. The number of aromatic nitrogens is 2. The van der Waals surface area contributed by atoms with Gasteiger partial charge in [-0.2, -0.15) is 4.98 Å². The van der Waals surface area contributed by atoms with Gasteiger partial charge in [-0.3, -0.25) is 10.1 Å². The quantitative estimate of drug-likeness (QED) is 0.576. The van der Waals surface area contributed by atoms with Gasteiger partial charge in [0.2, 0.25) is 6.39 Å². The average Bonchev–Trinajstić information content (AvgIpc) is 2.76. The van der Waals surface area contributed by atoms with Gasteiger partial charge in [0, 0.05) is 12.2 Å². The Morgan fingerprint density at radius 1 is 1.41 bits per heavy atom. The number of amides is 3. The molecule has 0 saturated heterocycles. The molecule has 0 fully saturated rings. The number of hydrogen-bond acceptors (Lipinski definition) is 6. The van der Waals surface area contributed by atoms with Gasteiger partial charge in [-0.05, 0) is 0 Å². The highest BCUT2D eigenvalue weighted by molar-refractivity contribution is 6.02. The Labute approximate surface area is 94.5 Å². The van der Waals surface area contributed by atoms with Crippen molar-refractivity contribution in [2.24, 2.45) is 0 Å². The minimum absolute atomic E-state index is 0.0156. The predicted octanol–water partition coefficient (Wildman–Crippen LogP) is -0.964. The molecule has 0 aliphatic carbocycles. The van der Waals surface area contributed by atoms with Crippen LogP contribution in [0.1, 0.15) is 5.82 Å². The molecule has 90 valence electrons. The standard InChI is InChI=1S/C8H8N4O5/c13-6(1-2-7(14)15)11-8(16)9-3-5-10-4-17-12-5/h1-2,4H,3H2,(H,14,15)(H2,9,11,13,16)/b2-1+. The number of carboxylic acid groups (broad SMARTS) is 1.